The van der Waals surface area contributed by atoms with Crippen molar-refractivity contribution in [3.63, 3.8) is 0 Å². The van der Waals surface area contributed by atoms with Gasteiger partial charge in [-0.2, -0.15) is 0 Å². The molecule has 2 rings (SSSR count). The van der Waals surface area contributed by atoms with Gasteiger partial charge in [0.25, 0.3) is 0 Å². The number of sulfone groups is 1. The molecule has 0 spiro atoms. The fourth-order valence-electron chi connectivity index (χ4n) is 2.01. The zero-order chi connectivity index (χ0) is 15.6. The van der Waals surface area contributed by atoms with Crippen molar-refractivity contribution in [1.29, 1.82) is 0 Å². The van der Waals surface area contributed by atoms with Gasteiger partial charge in [-0.05, 0) is 18.6 Å². The average Bonchev–Trinajstić information content (AvgIpc) is 2.77. The number of hydrogen-bond acceptors (Lipinski definition) is 4. The molecule has 0 radical (unpaired) electrons. The first-order valence-corrected chi connectivity index (χ1v) is 7.98. The largest absolute Gasteiger partial charge is 0.322 e. The fraction of sp³-hybridized carbons (Fsp3) is 0.417. The van der Waals surface area contributed by atoms with Crippen LogP contribution in [0.25, 0.3) is 0 Å². The minimum absolute atomic E-state index is 0.0557. The van der Waals surface area contributed by atoms with Crippen LogP contribution in [0.1, 0.15) is 6.42 Å². The number of anilines is 1. The molecule has 1 aliphatic heterocycles. The molecule has 116 valence electrons. The summed E-state index contributed by atoms with van der Waals surface area (Å²) in [6, 6.07) is 1.27. The Labute approximate surface area is 119 Å². The number of hydrogen-bond donors (Lipinski definition) is 2. The molecule has 1 heterocycles. The van der Waals surface area contributed by atoms with Crippen LogP contribution in [-0.2, 0) is 14.6 Å². The average molecular weight is 322 g/mol. The number of amides is 1. The maximum Gasteiger partial charge on any atom is 0.238 e. The maximum atomic E-state index is 13.3. The van der Waals surface area contributed by atoms with E-state index in [2.05, 4.69) is 10.6 Å². The molecular formula is C12H13F3N2O3S. The summed E-state index contributed by atoms with van der Waals surface area (Å²) in [4.78, 5) is 11.6. The smallest absolute Gasteiger partial charge is 0.238 e. The zero-order valence-electron chi connectivity index (χ0n) is 10.8. The second kappa shape index (κ2) is 6.02. The van der Waals surface area contributed by atoms with Crippen LogP contribution in [0.3, 0.4) is 0 Å². The Morgan fingerprint density at radius 3 is 2.57 bits per heavy atom. The molecule has 1 saturated heterocycles. The summed E-state index contributed by atoms with van der Waals surface area (Å²) >= 11 is 0. The highest BCUT2D eigenvalue weighted by Gasteiger charge is 2.27. The van der Waals surface area contributed by atoms with Crippen molar-refractivity contribution in [2.45, 2.75) is 12.5 Å². The minimum atomic E-state index is -3.06. The molecule has 1 aromatic rings. The molecule has 21 heavy (non-hydrogen) atoms. The molecule has 5 nitrogen and oxygen atoms in total. The van der Waals surface area contributed by atoms with Gasteiger partial charge in [-0.3, -0.25) is 4.79 Å². The van der Waals surface area contributed by atoms with Crippen molar-refractivity contribution in [3.8, 4) is 0 Å². The number of carbonyl (C=O) groups is 1. The maximum absolute atomic E-state index is 13.3. The van der Waals surface area contributed by atoms with Gasteiger partial charge < -0.3 is 10.6 Å². The fourth-order valence-corrected chi connectivity index (χ4v) is 3.72. The second-order valence-electron chi connectivity index (χ2n) is 4.75. The van der Waals surface area contributed by atoms with Crippen LogP contribution in [0.4, 0.5) is 18.9 Å². The molecule has 1 aromatic carbocycles. The molecule has 9 heteroatoms. The van der Waals surface area contributed by atoms with Gasteiger partial charge in [0, 0.05) is 6.04 Å². The first kappa shape index (κ1) is 15.8. The van der Waals surface area contributed by atoms with E-state index in [9.17, 15) is 26.4 Å². The van der Waals surface area contributed by atoms with Gasteiger partial charge in [-0.15, -0.1) is 0 Å². The molecular weight excluding hydrogens is 309 g/mol. The van der Waals surface area contributed by atoms with Crippen molar-refractivity contribution in [3.05, 3.63) is 29.6 Å². The molecule has 1 unspecified atom stereocenters. The predicted octanol–water partition coefficient (Wildman–Crippen LogP) is 0.819. The van der Waals surface area contributed by atoms with Crippen molar-refractivity contribution in [2.75, 3.05) is 23.4 Å². The molecule has 1 aliphatic rings. The first-order chi connectivity index (χ1) is 9.78. The third kappa shape index (κ3) is 3.94. The van der Waals surface area contributed by atoms with E-state index in [1.54, 1.807) is 0 Å². The highest BCUT2D eigenvalue weighted by atomic mass is 32.2. The number of carbonyl (C=O) groups excluding carboxylic acids is 1. The Hall–Kier alpha value is -1.61. The van der Waals surface area contributed by atoms with E-state index < -0.39 is 38.9 Å². The normalized spacial score (nSPS) is 20.4. The van der Waals surface area contributed by atoms with Crippen molar-refractivity contribution >= 4 is 21.4 Å². The summed E-state index contributed by atoms with van der Waals surface area (Å²) in [6.45, 7) is -0.251. The van der Waals surface area contributed by atoms with Gasteiger partial charge in [0.15, 0.2) is 27.3 Å². The summed E-state index contributed by atoms with van der Waals surface area (Å²) in [7, 11) is -3.06. The van der Waals surface area contributed by atoms with Crippen molar-refractivity contribution in [2.24, 2.45) is 0 Å². The van der Waals surface area contributed by atoms with E-state index >= 15 is 0 Å². The topological polar surface area (TPSA) is 75.3 Å². The van der Waals surface area contributed by atoms with E-state index in [1.165, 1.54) is 0 Å². The lowest BCUT2D eigenvalue weighted by Gasteiger charge is -2.11. The Balaban J connectivity index is 1.90. The van der Waals surface area contributed by atoms with Crippen LogP contribution < -0.4 is 10.6 Å². The zero-order valence-corrected chi connectivity index (χ0v) is 11.6. The molecule has 1 atom stereocenters. The second-order valence-corrected chi connectivity index (χ2v) is 6.98. The third-order valence-corrected chi connectivity index (χ3v) is 4.86. The van der Waals surface area contributed by atoms with Crippen molar-refractivity contribution < 1.29 is 26.4 Å². The molecule has 0 bridgehead atoms. The number of rotatable bonds is 4. The van der Waals surface area contributed by atoms with Gasteiger partial charge in [0.05, 0.1) is 23.7 Å². The summed E-state index contributed by atoms with van der Waals surface area (Å²) < 4.78 is 61.5. The Bertz CT molecular complexity index is 664. The van der Waals surface area contributed by atoms with Gasteiger partial charge in [0.2, 0.25) is 5.91 Å². The summed E-state index contributed by atoms with van der Waals surface area (Å²) in [6.07, 6.45) is 0.398. The molecule has 1 amide bonds. The SMILES string of the molecule is O=C(CNC1CCS(=O)(=O)C1)Nc1ccc(F)c(F)c1F. The van der Waals surface area contributed by atoms with E-state index in [4.69, 9.17) is 0 Å². The van der Waals surface area contributed by atoms with Crippen LogP contribution in [0.2, 0.25) is 0 Å². The van der Waals surface area contributed by atoms with Crippen LogP contribution in [0.15, 0.2) is 12.1 Å². The summed E-state index contributed by atoms with van der Waals surface area (Å²) in [5, 5.41) is 4.81. The minimum Gasteiger partial charge on any atom is -0.322 e. The van der Waals surface area contributed by atoms with Crippen LogP contribution in [0, 0.1) is 17.5 Å². The van der Waals surface area contributed by atoms with Crippen LogP contribution >= 0.6 is 0 Å². The summed E-state index contributed by atoms with van der Waals surface area (Å²) in [5.74, 6) is -5.16. The predicted molar refractivity (Wildman–Crippen MR) is 70.0 cm³/mol. The molecule has 0 aromatic heterocycles. The number of nitrogens with one attached hydrogen (secondary N) is 2. The van der Waals surface area contributed by atoms with Gasteiger partial charge in [-0.1, -0.05) is 0 Å². The highest BCUT2D eigenvalue weighted by molar-refractivity contribution is 7.91. The molecule has 0 aliphatic carbocycles. The van der Waals surface area contributed by atoms with E-state index in [0.717, 1.165) is 6.07 Å². The van der Waals surface area contributed by atoms with Crippen LogP contribution in [0.5, 0.6) is 0 Å². The number of benzene rings is 1. The molecule has 0 saturated carbocycles. The summed E-state index contributed by atoms with van der Waals surface area (Å²) in [5.41, 5.74) is -0.472. The van der Waals surface area contributed by atoms with Gasteiger partial charge in [0.1, 0.15) is 0 Å². The van der Waals surface area contributed by atoms with Gasteiger partial charge >= 0.3 is 0 Å². The van der Waals surface area contributed by atoms with Gasteiger partial charge in [-0.25, -0.2) is 21.6 Å². The van der Waals surface area contributed by atoms with E-state index in [1.807, 2.05) is 0 Å². The van der Waals surface area contributed by atoms with Crippen LogP contribution in [-0.4, -0.2) is 38.4 Å². The lowest BCUT2D eigenvalue weighted by Crippen LogP contribution is -2.37. The van der Waals surface area contributed by atoms with E-state index in [-0.39, 0.29) is 24.1 Å². The Morgan fingerprint density at radius 1 is 1.24 bits per heavy atom. The highest BCUT2D eigenvalue weighted by Crippen LogP contribution is 2.19. The standard InChI is InChI=1S/C12H13F3N2O3S/c13-8-1-2-9(12(15)11(8)14)17-10(18)5-16-7-3-4-21(19,20)6-7/h1-2,7,16H,3-6H2,(H,17,18). The lowest BCUT2D eigenvalue weighted by molar-refractivity contribution is -0.115. The Morgan fingerprint density at radius 2 is 1.95 bits per heavy atom. The van der Waals surface area contributed by atoms with Crippen molar-refractivity contribution in [1.82, 2.24) is 5.32 Å². The monoisotopic (exact) mass is 322 g/mol. The quantitative estimate of drug-likeness (QED) is 0.805. The van der Waals surface area contributed by atoms with E-state index in [0.29, 0.717) is 12.5 Å². The molecule has 1 fully saturated rings. The Kier molecular flexibility index (Phi) is 4.52. The molecule has 2 N–H and O–H groups in total. The first-order valence-electron chi connectivity index (χ1n) is 6.15. The number of halogens is 3. The third-order valence-electron chi connectivity index (χ3n) is 3.09. The lowest BCUT2D eigenvalue weighted by atomic mass is 10.2.